The molecule has 5 heteroatoms. The molecule has 0 atom stereocenters. The van der Waals surface area contributed by atoms with E-state index in [1.165, 1.54) is 51.4 Å². The number of hydrogen-bond donors (Lipinski definition) is 0. The van der Waals surface area contributed by atoms with Crippen LogP contribution in [0, 0.1) is 0 Å². The Morgan fingerprint density at radius 2 is 1.46 bits per heavy atom. The SMILES string of the molecule is CCCCCCC(CCCCCC)Oc1ccc(C(=O)c2cn(CCCC(=O)OCC)c3ccccc23)cc1. The summed E-state index contributed by atoms with van der Waals surface area (Å²) in [6.45, 7) is 7.34. The minimum atomic E-state index is -0.184. The zero-order valence-corrected chi connectivity index (χ0v) is 24.3. The Hall–Kier alpha value is -3.08. The second-order valence-corrected chi connectivity index (χ2v) is 10.5. The Morgan fingerprint density at radius 1 is 0.795 bits per heavy atom. The molecule has 0 bridgehead atoms. The molecule has 0 radical (unpaired) electrons. The van der Waals surface area contributed by atoms with Gasteiger partial charge in [0, 0.05) is 41.2 Å². The monoisotopic (exact) mass is 533 g/mol. The lowest BCUT2D eigenvalue weighted by Crippen LogP contribution is -2.16. The largest absolute Gasteiger partial charge is 0.490 e. The van der Waals surface area contributed by atoms with Gasteiger partial charge in [0.15, 0.2) is 5.78 Å². The molecule has 0 unspecified atom stereocenters. The number of aromatic nitrogens is 1. The molecule has 0 N–H and O–H groups in total. The van der Waals surface area contributed by atoms with Crippen LogP contribution >= 0.6 is 0 Å². The molecule has 212 valence electrons. The molecule has 0 amide bonds. The van der Waals surface area contributed by atoms with Gasteiger partial charge in [-0.15, -0.1) is 0 Å². The van der Waals surface area contributed by atoms with Crippen molar-refractivity contribution in [3.8, 4) is 5.75 Å². The molecule has 0 fully saturated rings. The van der Waals surface area contributed by atoms with Crippen LogP contribution in [-0.4, -0.2) is 29.0 Å². The van der Waals surface area contributed by atoms with E-state index in [0.29, 0.717) is 37.1 Å². The highest BCUT2D eigenvalue weighted by atomic mass is 16.5. The Balaban J connectivity index is 1.68. The molecule has 0 saturated carbocycles. The maximum atomic E-state index is 13.6. The summed E-state index contributed by atoms with van der Waals surface area (Å²) in [4.78, 5) is 25.3. The van der Waals surface area contributed by atoms with Gasteiger partial charge in [0.05, 0.1) is 12.7 Å². The van der Waals surface area contributed by atoms with Crippen LogP contribution in [0.25, 0.3) is 10.9 Å². The first kappa shape index (κ1) is 30.5. The number of ether oxygens (including phenoxy) is 2. The molecular weight excluding hydrogens is 486 g/mol. The number of ketones is 1. The Morgan fingerprint density at radius 3 is 2.10 bits per heavy atom. The molecule has 3 rings (SSSR count). The number of para-hydroxylation sites is 1. The summed E-state index contributed by atoms with van der Waals surface area (Å²) in [6.07, 6.45) is 15.3. The van der Waals surface area contributed by atoms with Gasteiger partial charge in [-0.25, -0.2) is 0 Å². The first-order valence-electron chi connectivity index (χ1n) is 15.1. The zero-order chi connectivity index (χ0) is 27.9. The Kier molecular flexibility index (Phi) is 13.1. The van der Waals surface area contributed by atoms with Gasteiger partial charge in [-0.3, -0.25) is 9.59 Å². The third kappa shape index (κ3) is 9.56. The molecule has 1 aromatic heterocycles. The second kappa shape index (κ2) is 16.8. The van der Waals surface area contributed by atoms with Crippen molar-refractivity contribution in [3.63, 3.8) is 0 Å². The molecule has 2 aromatic carbocycles. The van der Waals surface area contributed by atoms with Gasteiger partial charge in [-0.05, 0) is 69.4 Å². The van der Waals surface area contributed by atoms with Gasteiger partial charge in [-0.1, -0.05) is 70.6 Å². The van der Waals surface area contributed by atoms with Crippen LogP contribution in [0.15, 0.2) is 54.7 Å². The fraction of sp³-hybridized carbons (Fsp3) is 0.529. The normalized spacial score (nSPS) is 11.3. The van der Waals surface area contributed by atoms with Crippen molar-refractivity contribution in [1.82, 2.24) is 4.57 Å². The molecule has 0 spiro atoms. The number of nitrogens with zero attached hydrogens (tertiary/aromatic N) is 1. The van der Waals surface area contributed by atoms with Crippen LogP contribution in [-0.2, 0) is 16.1 Å². The highest BCUT2D eigenvalue weighted by Gasteiger charge is 2.18. The van der Waals surface area contributed by atoms with Crippen LogP contribution in [0.3, 0.4) is 0 Å². The third-order valence-electron chi connectivity index (χ3n) is 7.30. The van der Waals surface area contributed by atoms with Crippen LogP contribution in [0.4, 0.5) is 0 Å². The number of aryl methyl sites for hydroxylation is 1. The number of carbonyl (C=O) groups excluding carboxylic acids is 2. The van der Waals surface area contributed by atoms with Crippen molar-refractivity contribution in [2.75, 3.05) is 6.61 Å². The summed E-state index contributed by atoms with van der Waals surface area (Å²) in [5, 5.41) is 0.929. The lowest BCUT2D eigenvalue weighted by Gasteiger charge is -2.19. The quantitative estimate of drug-likeness (QED) is 0.0877. The molecule has 5 nitrogen and oxygen atoms in total. The van der Waals surface area contributed by atoms with Gasteiger partial charge in [-0.2, -0.15) is 0 Å². The average molecular weight is 534 g/mol. The molecule has 0 aliphatic rings. The van der Waals surface area contributed by atoms with Gasteiger partial charge in [0.1, 0.15) is 5.75 Å². The Bertz CT molecular complexity index is 1140. The summed E-state index contributed by atoms with van der Waals surface area (Å²) in [6, 6.07) is 15.6. The standard InChI is InChI=1S/C34H47NO4/c1-4-7-9-11-16-28(17-12-10-8-5-2)39-29-23-21-27(22-24-29)34(37)31-26-35(25-15-20-33(36)38-6-3)32-19-14-13-18-30(31)32/h13-14,18-19,21-24,26,28H,4-12,15-17,20,25H2,1-3H3. The maximum Gasteiger partial charge on any atom is 0.305 e. The van der Waals surface area contributed by atoms with Crippen molar-refractivity contribution in [3.05, 3.63) is 65.9 Å². The van der Waals surface area contributed by atoms with Crippen LogP contribution in [0.2, 0.25) is 0 Å². The van der Waals surface area contributed by atoms with Crippen molar-refractivity contribution >= 4 is 22.7 Å². The predicted molar refractivity (Wildman–Crippen MR) is 160 cm³/mol. The summed E-state index contributed by atoms with van der Waals surface area (Å²) in [5.41, 5.74) is 2.33. The van der Waals surface area contributed by atoms with E-state index in [9.17, 15) is 9.59 Å². The highest BCUT2D eigenvalue weighted by molar-refractivity contribution is 6.16. The van der Waals surface area contributed by atoms with Crippen molar-refractivity contribution in [2.45, 2.75) is 110 Å². The van der Waals surface area contributed by atoms with Crippen LogP contribution in [0.5, 0.6) is 5.75 Å². The van der Waals surface area contributed by atoms with Crippen molar-refractivity contribution in [1.29, 1.82) is 0 Å². The number of hydrogen-bond acceptors (Lipinski definition) is 4. The molecule has 1 heterocycles. The zero-order valence-electron chi connectivity index (χ0n) is 24.3. The molecule has 0 aliphatic carbocycles. The summed E-state index contributed by atoms with van der Waals surface area (Å²) >= 11 is 0. The van der Waals surface area contributed by atoms with Crippen LogP contribution < -0.4 is 4.74 Å². The Labute approximate surface area is 234 Å². The maximum absolute atomic E-state index is 13.6. The number of fused-ring (bicyclic) bond motifs is 1. The molecular formula is C34H47NO4. The molecule has 0 saturated heterocycles. The van der Waals surface area contributed by atoms with Crippen LogP contribution in [0.1, 0.15) is 114 Å². The van der Waals surface area contributed by atoms with E-state index < -0.39 is 0 Å². The predicted octanol–water partition coefficient (Wildman–Crippen LogP) is 8.90. The van der Waals surface area contributed by atoms with E-state index in [1.54, 1.807) is 0 Å². The molecule has 39 heavy (non-hydrogen) atoms. The number of benzene rings is 2. The fourth-order valence-electron chi connectivity index (χ4n) is 5.13. The topological polar surface area (TPSA) is 57.5 Å². The minimum absolute atomic E-state index is 0.00225. The number of rotatable bonds is 19. The fourth-order valence-corrected chi connectivity index (χ4v) is 5.13. The third-order valence-corrected chi connectivity index (χ3v) is 7.30. The van der Waals surface area contributed by atoms with Gasteiger partial charge < -0.3 is 14.0 Å². The average Bonchev–Trinajstić information content (AvgIpc) is 3.32. The highest BCUT2D eigenvalue weighted by Crippen LogP contribution is 2.26. The van der Waals surface area contributed by atoms with E-state index in [4.69, 9.17) is 9.47 Å². The summed E-state index contributed by atoms with van der Waals surface area (Å²) < 4.78 is 13.5. The second-order valence-electron chi connectivity index (χ2n) is 10.5. The van der Waals surface area contributed by atoms with Gasteiger partial charge in [0.25, 0.3) is 0 Å². The van der Waals surface area contributed by atoms with Crippen molar-refractivity contribution in [2.24, 2.45) is 0 Å². The first-order chi connectivity index (χ1) is 19.1. The number of unbranched alkanes of at least 4 members (excludes halogenated alkanes) is 6. The van der Waals surface area contributed by atoms with E-state index in [1.807, 2.05) is 61.7 Å². The van der Waals surface area contributed by atoms with Gasteiger partial charge in [0.2, 0.25) is 0 Å². The first-order valence-corrected chi connectivity index (χ1v) is 15.1. The van der Waals surface area contributed by atoms with Crippen molar-refractivity contribution < 1.29 is 19.1 Å². The van der Waals surface area contributed by atoms with Gasteiger partial charge >= 0.3 is 5.97 Å². The van der Waals surface area contributed by atoms with E-state index in [-0.39, 0.29) is 17.9 Å². The van der Waals surface area contributed by atoms with E-state index in [2.05, 4.69) is 18.4 Å². The smallest absolute Gasteiger partial charge is 0.305 e. The van der Waals surface area contributed by atoms with E-state index in [0.717, 1.165) is 29.5 Å². The number of esters is 1. The van der Waals surface area contributed by atoms with E-state index >= 15 is 0 Å². The minimum Gasteiger partial charge on any atom is -0.490 e. The molecule has 0 aliphatic heterocycles. The number of carbonyl (C=O) groups is 2. The lowest BCUT2D eigenvalue weighted by molar-refractivity contribution is -0.143. The molecule has 3 aromatic rings. The summed E-state index contributed by atoms with van der Waals surface area (Å²) in [5.74, 6) is 0.651. The summed E-state index contributed by atoms with van der Waals surface area (Å²) in [7, 11) is 0. The lowest BCUT2D eigenvalue weighted by atomic mass is 10.0.